The summed E-state index contributed by atoms with van der Waals surface area (Å²) in [6.45, 7) is 0. The van der Waals surface area contributed by atoms with Crippen LogP contribution in [0.15, 0.2) is 58.3 Å². The summed E-state index contributed by atoms with van der Waals surface area (Å²) in [5.41, 5.74) is 2.41. The van der Waals surface area contributed by atoms with Gasteiger partial charge in [0.15, 0.2) is 5.13 Å². The van der Waals surface area contributed by atoms with Gasteiger partial charge in [0.05, 0.1) is 10.6 Å². The minimum Gasteiger partial charge on any atom is -0.298 e. The lowest BCUT2D eigenvalue weighted by molar-refractivity contribution is 0.102. The first-order chi connectivity index (χ1) is 14.4. The smallest absolute Gasteiger partial charge is 0.257 e. The molecule has 0 unspecified atom stereocenters. The number of anilines is 1. The van der Waals surface area contributed by atoms with E-state index in [-0.39, 0.29) is 16.8 Å². The van der Waals surface area contributed by atoms with Gasteiger partial charge in [-0.1, -0.05) is 18.2 Å². The number of carbonyl (C=O) groups is 1. The largest absolute Gasteiger partial charge is 0.298 e. The molecule has 5 rings (SSSR count). The highest BCUT2D eigenvalue weighted by atomic mass is 32.2. The molecule has 0 radical (unpaired) electrons. The molecule has 1 aliphatic heterocycles. The molecule has 1 fully saturated rings. The fourth-order valence-electron chi connectivity index (χ4n) is 3.39. The van der Waals surface area contributed by atoms with Crippen LogP contribution in [0.5, 0.6) is 0 Å². The van der Waals surface area contributed by atoms with E-state index in [1.165, 1.54) is 32.7 Å². The second-order valence-corrected chi connectivity index (χ2v) is 11.4. The van der Waals surface area contributed by atoms with Gasteiger partial charge >= 0.3 is 0 Å². The van der Waals surface area contributed by atoms with Crippen molar-refractivity contribution in [1.29, 1.82) is 0 Å². The Bertz CT molecular complexity index is 1230. The molecule has 30 heavy (non-hydrogen) atoms. The molecule has 9 heteroatoms. The lowest BCUT2D eigenvalue weighted by atomic mass is 10.1. The Kier molecular flexibility index (Phi) is 4.93. The Morgan fingerprint density at radius 3 is 2.60 bits per heavy atom. The molecule has 1 aromatic heterocycles. The maximum atomic E-state index is 12.7. The molecule has 2 heterocycles. The summed E-state index contributed by atoms with van der Waals surface area (Å²) in [6.07, 6.45) is 1.80. The van der Waals surface area contributed by atoms with Gasteiger partial charge in [-0.2, -0.15) is 4.31 Å². The third kappa shape index (κ3) is 3.56. The minimum absolute atomic E-state index is 0.0946. The predicted molar refractivity (Wildman–Crippen MR) is 119 cm³/mol. The van der Waals surface area contributed by atoms with Gasteiger partial charge in [0.1, 0.15) is 0 Å². The van der Waals surface area contributed by atoms with E-state index in [0.717, 1.165) is 34.7 Å². The highest BCUT2D eigenvalue weighted by Crippen LogP contribution is 2.44. The van der Waals surface area contributed by atoms with Gasteiger partial charge in [0, 0.05) is 39.7 Å². The van der Waals surface area contributed by atoms with Crippen LogP contribution in [0.25, 0.3) is 11.3 Å². The molecule has 6 nitrogen and oxygen atoms in total. The van der Waals surface area contributed by atoms with Crippen molar-refractivity contribution in [1.82, 2.24) is 9.29 Å². The SMILES string of the molecule is CN(C1CC1)S(=O)(=O)c1ccc(C(=O)Nc2nc3c(s2)CSc2ccccc2-3)cc1. The number of rotatable bonds is 5. The van der Waals surface area contributed by atoms with E-state index in [1.54, 1.807) is 30.9 Å². The minimum atomic E-state index is -3.52. The standard InChI is InChI=1S/C21H19N3O3S3/c1-24(14-8-9-14)30(26,27)15-10-6-13(7-11-15)20(25)23-21-22-19-16-4-2-3-5-17(16)28-12-18(19)29-21/h2-7,10-11,14H,8-9,12H2,1H3,(H,22,23,25). The van der Waals surface area contributed by atoms with Crippen LogP contribution in [0.1, 0.15) is 28.1 Å². The van der Waals surface area contributed by atoms with E-state index < -0.39 is 10.0 Å². The Balaban J connectivity index is 1.34. The number of nitrogens with one attached hydrogen (secondary N) is 1. The Morgan fingerprint density at radius 2 is 1.87 bits per heavy atom. The van der Waals surface area contributed by atoms with Crippen molar-refractivity contribution >= 4 is 44.2 Å². The van der Waals surface area contributed by atoms with Crippen LogP contribution in [0, 0.1) is 0 Å². The lowest BCUT2D eigenvalue weighted by Gasteiger charge is -2.16. The molecule has 1 saturated carbocycles. The molecule has 1 amide bonds. The predicted octanol–water partition coefficient (Wildman–Crippen LogP) is 4.45. The van der Waals surface area contributed by atoms with Crippen LogP contribution in [-0.2, 0) is 15.8 Å². The number of hydrogen-bond donors (Lipinski definition) is 1. The number of sulfonamides is 1. The van der Waals surface area contributed by atoms with Crippen molar-refractivity contribution in [2.45, 2.75) is 34.4 Å². The van der Waals surface area contributed by atoms with Crippen molar-refractivity contribution in [3.05, 3.63) is 59.0 Å². The number of aromatic nitrogens is 1. The summed E-state index contributed by atoms with van der Waals surface area (Å²) >= 11 is 3.25. The third-order valence-corrected chi connectivity index (χ3v) is 9.45. The molecule has 0 saturated heterocycles. The Labute approximate surface area is 183 Å². The first kappa shape index (κ1) is 19.7. The second kappa shape index (κ2) is 7.49. The fourth-order valence-corrected chi connectivity index (χ4v) is 6.91. The number of carbonyl (C=O) groups excluding carboxylic acids is 1. The van der Waals surface area contributed by atoms with Crippen LogP contribution in [0.3, 0.4) is 0 Å². The molecule has 1 N–H and O–H groups in total. The summed E-state index contributed by atoms with van der Waals surface area (Å²) < 4.78 is 26.6. The van der Waals surface area contributed by atoms with Gasteiger partial charge in [0.25, 0.3) is 5.91 Å². The van der Waals surface area contributed by atoms with Gasteiger partial charge in [-0.05, 0) is 43.2 Å². The molecule has 0 bridgehead atoms. The highest BCUT2D eigenvalue weighted by molar-refractivity contribution is 7.98. The number of hydrogen-bond acceptors (Lipinski definition) is 6. The van der Waals surface area contributed by atoms with E-state index in [2.05, 4.69) is 16.4 Å². The van der Waals surface area contributed by atoms with Crippen molar-refractivity contribution in [2.24, 2.45) is 0 Å². The van der Waals surface area contributed by atoms with Crippen molar-refractivity contribution in [3.8, 4) is 11.3 Å². The van der Waals surface area contributed by atoms with Crippen LogP contribution < -0.4 is 5.32 Å². The van der Waals surface area contributed by atoms with E-state index in [4.69, 9.17) is 0 Å². The monoisotopic (exact) mass is 457 g/mol. The van der Waals surface area contributed by atoms with E-state index in [1.807, 2.05) is 18.2 Å². The van der Waals surface area contributed by atoms with Gasteiger partial charge < -0.3 is 0 Å². The normalized spacial score (nSPS) is 15.5. The number of thioether (sulfide) groups is 1. The van der Waals surface area contributed by atoms with Crippen molar-refractivity contribution in [2.75, 3.05) is 12.4 Å². The van der Waals surface area contributed by atoms with Crippen LogP contribution in [0.4, 0.5) is 5.13 Å². The second-order valence-electron chi connectivity index (χ2n) is 7.31. The van der Waals surface area contributed by atoms with E-state index >= 15 is 0 Å². The van der Waals surface area contributed by atoms with Crippen molar-refractivity contribution in [3.63, 3.8) is 0 Å². The summed E-state index contributed by atoms with van der Waals surface area (Å²) in [4.78, 5) is 19.8. The number of thiazole rings is 1. The number of nitrogens with zero attached hydrogens (tertiary/aromatic N) is 2. The highest BCUT2D eigenvalue weighted by Gasteiger charge is 2.35. The summed E-state index contributed by atoms with van der Waals surface area (Å²) in [6, 6.07) is 14.3. The fraction of sp³-hybridized carbons (Fsp3) is 0.238. The van der Waals surface area contributed by atoms with Gasteiger partial charge in [-0.15, -0.1) is 23.1 Å². The zero-order valence-electron chi connectivity index (χ0n) is 16.2. The maximum absolute atomic E-state index is 12.7. The number of amides is 1. The Morgan fingerprint density at radius 1 is 1.13 bits per heavy atom. The maximum Gasteiger partial charge on any atom is 0.257 e. The zero-order chi connectivity index (χ0) is 20.9. The average molecular weight is 458 g/mol. The first-order valence-corrected chi connectivity index (χ1v) is 12.8. The van der Waals surface area contributed by atoms with E-state index in [9.17, 15) is 13.2 Å². The molecular weight excluding hydrogens is 438 g/mol. The molecule has 2 aromatic carbocycles. The van der Waals surface area contributed by atoms with Crippen molar-refractivity contribution < 1.29 is 13.2 Å². The molecule has 3 aromatic rings. The van der Waals surface area contributed by atoms with E-state index in [0.29, 0.717) is 10.7 Å². The molecule has 0 atom stereocenters. The van der Waals surface area contributed by atoms with Gasteiger partial charge in [-0.3, -0.25) is 10.1 Å². The zero-order valence-corrected chi connectivity index (χ0v) is 18.6. The third-order valence-electron chi connectivity index (χ3n) is 5.27. The summed E-state index contributed by atoms with van der Waals surface area (Å²) in [7, 11) is -1.91. The molecule has 1 aliphatic carbocycles. The first-order valence-electron chi connectivity index (χ1n) is 9.55. The topological polar surface area (TPSA) is 79.4 Å². The number of fused-ring (bicyclic) bond motifs is 3. The molecule has 0 spiro atoms. The van der Waals surface area contributed by atoms with Crippen LogP contribution >= 0.6 is 23.1 Å². The lowest BCUT2D eigenvalue weighted by Crippen LogP contribution is -2.29. The van der Waals surface area contributed by atoms with Crippen LogP contribution in [0.2, 0.25) is 0 Å². The van der Waals surface area contributed by atoms with Gasteiger partial charge in [0.2, 0.25) is 10.0 Å². The Hall–Kier alpha value is -2.20. The quantitative estimate of drug-likeness (QED) is 0.612. The molecule has 2 aliphatic rings. The number of benzene rings is 2. The summed E-state index contributed by atoms with van der Waals surface area (Å²) in [5.74, 6) is 0.530. The summed E-state index contributed by atoms with van der Waals surface area (Å²) in [5, 5.41) is 3.40. The molecular formula is C21H19N3O3S3. The average Bonchev–Trinajstić information content (AvgIpc) is 3.52. The molecule has 154 valence electrons. The van der Waals surface area contributed by atoms with Crippen LogP contribution in [-0.4, -0.2) is 36.7 Å². The van der Waals surface area contributed by atoms with Gasteiger partial charge in [-0.25, -0.2) is 13.4 Å².